The molecule has 6 unspecified atom stereocenters. The summed E-state index contributed by atoms with van der Waals surface area (Å²) < 4.78 is 0. The third kappa shape index (κ3) is 3.99. The Morgan fingerprint density at radius 1 is 1.25 bits per heavy atom. The van der Waals surface area contributed by atoms with Crippen LogP contribution in [0.25, 0.3) is 0 Å². The number of ketones is 3. The number of rotatable bonds is 4. The fourth-order valence-electron chi connectivity index (χ4n) is 6.24. The molecule has 36 heavy (non-hydrogen) atoms. The fraction of sp³-hybridized carbons (Fsp3) is 0.519. The maximum atomic E-state index is 13.8. The maximum Gasteiger partial charge on any atom is 0.228 e. The number of aromatic hydroxyl groups is 1. The van der Waals surface area contributed by atoms with Gasteiger partial charge in [-0.15, -0.1) is 0 Å². The monoisotopic (exact) mass is 491 g/mol. The van der Waals surface area contributed by atoms with E-state index in [9.17, 15) is 29.4 Å². The molecule has 0 radical (unpaired) electrons. The maximum absolute atomic E-state index is 13.8. The lowest BCUT2D eigenvalue weighted by atomic mass is 9.52. The van der Waals surface area contributed by atoms with Gasteiger partial charge in [-0.2, -0.15) is 5.26 Å². The first-order valence-corrected chi connectivity index (χ1v) is 12.0. The number of carbonyl (C=O) groups is 4. The zero-order valence-electron chi connectivity index (χ0n) is 20.3. The van der Waals surface area contributed by atoms with Gasteiger partial charge in [0.05, 0.1) is 23.6 Å². The van der Waals surface area contributed by atoms with Crippen molar-refractivity contribution in [2.45, 2.75) is 50.2 Å². The van der Waals surface area contributed by atoms with Crippen LogP contribution in [0.15, 0.2) is 12.1 Å². The van der Waals surface area contributed by atoms with Crippen molar-refractivity contribution in [2.24, 2.45) is 29.4 Å². The third-order valence-corrected chi connectivity index (χ3v) is 7.88. The van der Waals surface area contributed by atoms with E-state index in [4.69, 9.17) is 11.0 Å². The van der Waals surface area contributed by atoms with Gasteiger partial charge in [-0.05, 0) is 57.0 Å². The predicted molar refractivity (Wildman–Crippen MR) is 127 cm³/mol. The molecule has 1 amide bonds. The molecule has 3 aliphatic carbocycles. The molecule has 0 heterocycles. The van der Waals surface area contributed by atoms with Gasteiger partial charge < -0.3 is 15.9 Å². The number of amides is 1. The van der Waals surface area contributed by atoms with Crippen LogP contribution in [-0.4, -0.2) is 64.1 Å². The molecule has 0 aromatic heterocycles. The average molecular weight is 492 g/mol. The minimum absolute atomic E-state index is 0.0259. The van der Waals surface area contributed by atoms with Crippen LogP contribution in [0.4, 0.5) is 0 Å². The fourth-order valence-corrected chi connectivity index (χ4v) is 6.24. The van der Waals surface area contributed by atoms with E-state index < -0.39 is 65.0 Å². The largest absolute Gasteiger partial charge is 0.507 e. The van der Waals surface area contributed by atoms with Crippen LogP contribution < -0.4 is 5.73 Å². The van der Waals surface area contributed by atoms with Crippen molar-refractivity contribution in [1.29, 1.82) is 5.26 Å². The van der Waals surface area contributed by atoms with E-state index in [2.05, 4.69) is 17.9 Å². The van der Waals surface area contributed by atoms with E-state index in [1.54, 1.807) is 25.1 Å². The Hall–Kier alpha value is -3.53. The molecule has 4 rings (SSSR count). The number of primary amides is 1. The smallest absolute Gasteiger partial charge is 0.228 e. The Morgan fingerprint density at radius 3 is 2.61 bits per heavy atom. The number of nitrogens with two attached hydrogens (primary N) is 1. The Bertz CT molecular complexity index is 1250. The number of aliphatic hydroxyl groups is 1. The Labute approximate surface area is 209 Å². The van der Waals surface area contributed by atoms with E-state index in [0.717, 1.165) is 0 Å². The molecule has 2 fully saturated rings. The van der Waals surface area contributed by atoms with Gasteiger partial charge >= 0.3 is 0 Å². The van der Waals surface area contributed by atoms with Crippen LogP contribution in [-0.2, 0) is 20.8 Å². The van der Waals surface area contributed by atoms with Gasteiger partial charge in [-0.1, -0.05) is 11.8 Å². The molecular formula is C27H29N3O6. The number of phenols is 1. The third-order valence-electron chi connectivity index (χ3n) is 7.88. The topological polar surface area (TPSA) is 162 Å². The van der Waals surface area contributed by atoms with E-state index >= 15 is 0 Å². The van der Waals surface area contributed by atoms with E-state index in [1.165, 1.54) is 6.07 Å². The van der Waals surface area contributed by atoms with Crippen molar-refractivity contribution in [3.05, 3.63) is 28.8 Å². The van der Waals surface area contributed by atoms with Crippen LogP contribution in [0, 0.1) is 46.8 Å². The normalized spacial score (nSPS) is 31.0. The summed E-state index contributed by atoms with van der Waals surface area (Å²) in [5.74, 6) is -0.720. The number of carbonyl (C=O) groups excluding carboxylic acids is 4. The minimum Gasteiger partial charge on any atom is -0.507 e. The highest BCUT2D eigenvalue weighted by Gasteiger charge is 2.64. The lowest BCUT2D eigenvalue weighted by Gasteiger charge is -2.53. The first-order valence-electron chi connectivity index (χ1n) is 12.0. The Kier molecular flexibility index (Phi) is 6.74. The Morgan fingerprint density at radius 2 is 1.97 bits per heavy atom. The molecule has 188 valence electrons. The molecule has 0 saturated heterocycles. The van der Waals surface area contributed by atoms with Crippen LogP contribution >= 0.6 is 0 Å². The zero-order chi connectivity index (χ0) is 26.4. The van der Waals surface area contributed by atoms with Crippen molar-refractivity contribution < 1.29 is 29.4 Å². The molecule has 0 aliphatic heterocycles. The van der Waals surface area contributed by atoms with Gasteiger partial charge in [-0.25, -0.2) is 0 Å². The predicted octanol–water partition coefficient (Wildman–Crippen LogP) is 0.733. The number of likely N-dealkylation sites (N-methyl/N-ethyl adjacent to an activating group) is 1. The molecule has 6 atom stereocenters. The molecule has 9 heteroatoms. The number of nitriles is 1. The van der Waals surface area contributed by atoms with Crippen LogP contribution in [0.5, 0.6) is 5.75 Å². The number of phenolic OH excluding ortho intramolecular Hbond substituents is 1. The number of unbranched alkanes of at least 4 members (excludes halogenated alkanes) is 2. The van der Waals surface area contributed by atoms with Crippen LogP contribution in [0.2, 0.25) is 0 Å². The minimum atomic E-state index is -2.06. The van der Waals surface area contributed by atoms with Gasteiger partial charge in [0.1, 0.15) is 17.3 Å². The van der Waals surface area contributed by atoms with Gasteiger partial charge in [0, 0.05) is 30.7 Å². The van der Waals surface area contributed by atoms with Gasteiger partial charge in [0.15, 0.2) is 17.3 Å². The van der Waals surface area contributed by atoms with Gasteiger partial charge in [0.25, 0.3) is 0 Å². The number of nitrogens with zero attached hydrogens (tertiary/aromatic N) is 2. The van der Waals surface area contributed by atoms with Gasteiger partial charge in [-0.3, -0.25) is 24.1 Å². The molecule has 2 saturated carbocycles. The summed E-state index contributed by atoms with van der Waals surface area (Å²) in [7, 11) is 3.28. The van der Waals surface area contributed by atoms with Crippen LogP contribution in [0.1, 0.15) is 53.6 Å². The van der Waals surface area contributed by atoms with Crippen LogP contribution in [0.3, 0.4) is 0 Å². The zero-order valence-corrected chi connectivity index (χ0v) is 20.3. The summed E-state index contributed by atoms with van der Waals surface area (Å²) in [6, 6.07) is 4.15. The first kappa shape index (κ1) is 25.6. The number of hydrogen-bond donors (Lipinski definition) is 3. The summed E-state index contributed by atoms with van der Waals surface area (Å²) in [5, 5.41) is 30.9. The summed E-state index contributed by atoms with van der Waals surface area (Å²) in [6.07, 6.45) is 1.55. The standard InChI is InChI=1S/C27H29N3O6/c1-30(2)22-18-12-15-11-16-14(7-5-3-4-6-10-28)8-9-19(31)21(16)24(33)20(15)25(34)27(18,36)13-17(23(22)32)26(29)35/h8-9,15,17-18,20,22,31,36H,3-4,6,11-13H2,1-2H3,(H2,29,35). The molecule has 4 N–H and O–H groups in total. The van der Waals surface area contributed by atoms with Crippen molar-refractivity contribution in [3.8, 4) is 23.7 Å². The Balaban J connectivity index is 1.76. The lowest BCUT2D eigenvalue weighted by molar-refractivity contribution is -0.176. The summed E-state index contributed by atoms with van der Waals surface area (Å²) in [4.78, 5) is 54.1. The number of Topliss-reactive ketones (excluding diaryl/α,β-unsaturated/α-hetero) is 3. The summed E-state index contributed by atoms with van der Waals surface area (Å²) in [5.41, 5.74) is 4.52. The number of hydrogen-bond acceptors (Lipinski definition) is 8. The van der Waals surface area contributed by atoms with Crippen molar-refractivity contribution in [2.75, 3.05) is 14.1 Å². The summed E-state index contributed by atoms with van der Waals surface area (Å²) in [6.45, 7) is 0. The lowest BCUT2D eigenvalue weighted by Crippen LogP contribution is -2.69. The van der Waals surface area contributed by atoms with Crippen molar-refractivity contribution in [1.82, 2.24) is 4.90 Å². The quantitative estimate of drug-likeness (QED) is 0.315. The van der Waals surface area contributed by atoms with E-state index in [0.29, 0.717) is 30.4 Å². The van der Waals surface area contributed by atoms with Crippen molar-refractivity contribution >= 4 is 23.3 Å². The van der Waals surface area contributed by atoms with Gasteiger partial charge in [0.2, 0.25) is 5.91 Å². The van der Waals surface area contributed by atoms with Crippen molar-refractivity contribution in [3.63, 3.8) is 0 Å². The summed E-state index contributed by atoms with van der Waals surface area (Å²) >= 11 is 0. The average Bonchev–Trinajstić information content (AvgIpc) is 2.81. The van der Waals surface area contributed by atoms with E-state index in [1.807, 2.05) is 0 Å². The molecule has 0 bridgehead atoms. The second-order valence-electron chi connectivity index (χ2n) is 10.2. The molecule has 1 aromatic rings. The highest BCUT2D eigenvalue weighted by Crippen LogP contribution is 2.51. The highest BCUT2D eigenvalue weighted by molar-refractivity contribution is 6.17. The molecule has 1 aromatic carbocycles. The first-order chi connectivity index (χ1) is 17.0. The molecule has 3 aliphatic rings. The second kappa shape index (κ2) is 9.50. The SMILES string of the molecule is CN(C)C1C(=O)C(C(N)=O)CC2(O)C(=O)C3C(=O)c4c(O)ccc(C#CCCCC#N)c4CC3CC12. The number of benzene rings is 1. The van der Waals surface area contributed by atoms with E-state index in [-0.39, 0.29) is 24.2 Å². The highest BCUT2D eigenvalue weighted by atomic mass is 16.3. The number of fused-ring (bicyclic) bond motifs is 3. The molecule has 0 spiro atoms. The molecular weight excluding hydrogens is 462 g/mol. The molecule has 9 nitrogen and oxygen atoms in total. The second-order valence-corrected chi connectivity index (χ2v) is 10.2.